The van der Waals surface area contributed by atoms with E-state index in [-0.39, 0.29) is 29.2 Å². The van der Waals surface area contributed by atoms with E-state index >= 15 is 0 Å². The Balaban J connectivity index is 1.53. The van der Waals surface area contributed by atoms with Gasteiger partial charge in [0.15, 0.2) is 0 Å². The Labute approximate surface area is 201 Å². The van der Waals surface area contributed by atoms with Crippen LogP contribution < -0.4 is 11.1 Å². The molecule has 3 amide bonds. The van der Waals surface area contributed by atoms with Crippen LogP contribution in [0.4, 0.5) is 9.80 Å². The first kappa shape index (κ1) is 24.2. The van der Waals surface area contributed by atoms with Crippen molar-refractivity contribution in [3.8, 4) is 0 Å². The molecule has 2 aromatic rings. The maximum Gasteiger partial charge on any atom is 0.410 e. The highest BCUT2D eigenvalue weighted by Crippen LogP contribution is 2.37. The highest BCUT2D eigenvalue weighted by molar-refractivity contribution is 7.89. The zero-order valence-electron chi connectivity index (χ0n) is 18.7. The number of rotatable bonds is 6. The van der Waals surface area contributed by atoms with Crippen LogP contribution in [-0.4, -0.2) is 61.8 Å². The Kier molecular flexibility index (Phi) is 6.91. The molecule has 4 rings (SSSR count). The Morgan fingerprint density at radius 1 is 1.12 bits per heavy atom. The maximum atomic E-state index is 12.9. The molecule has 0 aliphatic carbocycles. The topological polar surface area (TPSA) is 139 Å². The molecular formula is C22H26N4O6S2. The van der Waals surface area contributed by atoms with Crippen LogP contribution in [0.15, 0.2) is 29.2 Å². The van der Waals surface area contributed by atoms with Gasteiger partial charge in [-0.2, -0.15) is 4.31 Å². The van der Waals surface area contributed by atoms with E-state index in [2.05, 4.69) is 5.32 Å². The molecule has 2 aliphatic heterocycles. The van der Waals surface area contributed by atoms with Gasteiger partial charge in [0.2, 0.25) is 10.0 Å². The summed E-state index contributed by atoms with van der Waals surface area (Å²) in [6.07, 6.45) is 1.66. The van der Waals surface area contributed by atoms with Gasteiger partial charge in [-0.25, -0.2) is 13.2 Å². The molecule has 0 spiro atoms. The van der Waals surface area contributed by atoms with Gasteiger partial charge in [0.25, 0.3) is 11.8 Å². The summed E-state index contributed by atoms with van der Waals surface area (Å²) in [5.74, 6) is -1.15. The number of amides is 3. The van der Waals surface area contributed by atoms with Crippen molar-refractivity contribution < 1.29 is 27.5 Å². The molecule has 12 heteroatoms. The lowest BCUT2D eigenvalue weighted by atomic mass is 10.0. The molecule has 1 fully saturated rings. The number of thiophene rings is 1. The number of nitrogens with two attached hydrogens (primary N) is 1. The third kappa shape index (κ3) is 4.65. The van der Waals surface area contributed by atoms with Gasteiger partial charge in [-0.1, -0.05) is 0 Å². The SMILES string of the molecule is CCOC(=O)N1CCc2c(sc(NC(=O)c3ccc(S(=O)(=O)N4CCCC4)cc3)c2C(N)=O)C1. The van der Waals surface area contributed by atoms with Crippen molar-refractivity contribution in [1.29, 1.82) is 0 Å². The Bertz CT molecular complexity index is 1220. The van der Waals surface area contributed by atoms with Gasteiger partial charge in [0.1, 0.15) is 5.00 Å². The summed E-state index contributed by atoms with van der Waals surface area (Å²) >= 11 is 1.19. The molecule has 0 bridgehead atoms. The number of carbonyl (C=O) groups excluding carboxylic acids is 3. The summed E-state index contributed by atoms with van der Waals surface area (Å²) in [5, 5.41) is 3.04. The van der Waals surface area contributed by atoms with E-state index in [1.165, 1.54) is 44.8 Å². The minimum atomic E-state index is -3.58. The number of fused-ring (bicyclic) bond motifs is 1. The average Bonchev–Trinajstić information content (AvgIpc) is 3.47. The second-order valence-electron chi connectivity index (χ2n) is 8.03. The van der Waals surface area contributed by atoms with Crippen LogP contribution in [0, 0.1) is 0 Å². The summed E-state index contributed by atoms with van der Waals surface area (Å²) in [7, 11) is -3.58. The Morgan fingerprint density at radius 3 is 2.41 bits per heavy atom. The molecule has 0 radical (unpaired) electrons. The number of anilines is 1. The third-order valence-electron chi connectivity index (χ3n) is 5.88. The molecule has 1 saturated heterocycles. The van der Waals surface area contributed by atoms with Gasteiger partial charge in [0, 0.05) is 30.1 Å². The Hall–Kier alpha value is -2.96. The number of benzene rings is 1. The van der Waals surface area contributed by atoms with Crippen LogP contribution in [0.5, 0.6) is 0 Å². The molecule has 10 nitrogen and oxygen atoms in total. The fourth-order valence-electron chi connectivity index (χ4n) is 4.15. The third-order valence-corrected chi connectivity index (χ3v) is 8.92. The predicted molar refractivity (Wildman–Crippen MR) is 126 cm³/mol. The lowest BCUT2D eigenvalue weighted by Crippen LogP contribution is -2.36. The number of carbonyl (C=O) groups is 3. The monoisotopic (exact) mass is 506 g/mol. The van der Waals surface area contributed by atoms with Crippen LogP contribution >= 0.6 is 11.3 Å². The first-order chi connectivity index (χ1) is 16.2. The van der Waals surface area contributed by atoms with E-state index in [1.807, 2.05) is 0 Å². The molecule has 34 heavy (non-hydrogen) atoms. The molecule has 3 N–H and O–H groups in total. The second kappa shape index (κ2) is 9.72. The lowest BCUT2D eigenvalue weighted by molar-refractivity contribution is 0.0997. The van der Waals surface area contributed by atoms with E-state index in [1.54, 1.807) is 6.92 Å². The lowest BCUT2D eigenvalue weighted by Gasteiger charge is -2.26. The number of ether oxygens (including phenoxy) is 1. The van der Waals surface area contributed by atoms with Crippen molar-refractivity contribution in [1.82, 2.24) is 9.21 Å². The van der Waals surface area contributed by atoms with E-state index in [4.69, 9.17) is 10.5 Å². The standard InChI is InChI=1S/C22H26N4O6S2/c1-2-32-22(29)25-12-9-16-17(13-25)33-21(18(16)19(23)27)24-20(28)14-5-7-15(8-6-14)34(30,31)26-10-3-4-11-26/h5-8H,2-4,9-13H2,1H3,(H2,23,27)(H,24,28). The quantitative estimate of drug-likeness (QED) is 0.617. The van der Waals surface area contributed by atoms with Crippen LogP contribution in [0.1, 0.15) is 50.9 Å². The van der Waals surface area contributed by atoms with Crippen molar-refractivity contribution in [2.75, 3.05) is 31.6 Å². The zero-order valence-corrected chi connectivity index (χ0v) is 20.3. The normalized spacial score (nSPS) is 16.2. The van der Waals surface area contributed by atoms with Crippen molar-refractivity contribution in [2.45, 2.75) is 37.6 Å². The molecule has 0 unspecified atom stereocenters. The van der Waals surface area contributed by atoms with Gasteiger partial charge in [0.05, 0.1) is 23.6 Å². The predicted octanol–water partition coefficient (Wildman–Crippen LogP) is 2.40. The minimum absolute atomic E-state index is 0.134. The van der Waals surface area contributed by atoms with Gasteiger partial charge in [-0.15, -0.1) is 11.3 Å². The molecular weight excluding hydrogens is 480 g/mol. The van der Waals surface area contributed by atoms with E-state index in [9.17, 15) is 22.8 Å². The van der Waals surface area contributed by atoms with Crippen LogP contribution in [-0.2, 0) is 27.7 Å². The first-order valence-corrected chi connectivity index (χ1v) is 13.3. The average molecular weight is 507 g/mol. The number of hydrogen-bond acceptors (Lipinski definition) is 7. The molecule has 1 aromatic carbocycles. The second-order valence-corrected chi connectivity index (χ2v) is 11.1. The molecule has 1 aromatic heterocycles. The number of nitrogens with one attached hydrogen (secondary N) is 1. The summed E-state index contributed by atoms with van der Waals surface area (Å²) in [6.45, 7) is 3.62. The van der Waals surface area contributed by atoms with Crippen molar-refractivity contribution >= 4 is 44.3 Å². The summed E-state index contributed by atoms with van der Waals surface area (Å²) < 4.78 is 31.9. The first-order valence-electron chi connectivity index (χ1n) is 11.0. The summed E-state index contributed by atoms with van der Waals surface area (Å²) in [6, 6.07) is 5.71. The highest BCUT2D eigenvalue weighted by Gasteiger charge is 2.31. The number of nitrogens with zero attached hydrogens (tertiary/aromatic N) is 2. The molecule has 182 valence electrons. The van der Waals surface area contributed by atoms with Crippen LogP contribution in [0.25, 0.3) is 0 Å². The fourth-order valence-corrected chi connectivity index (χ4v) is 6.93. The Morgan fingerprint density at radius 2 is 1.79 bits per heavy atom. The summed E-state index contributed by atoms with van der Waals surface area (Å²) in [4.78, 5) is 39.6. The van der Waals surface area contributed by atoms with Crippen molar-refractivity contribution in [3.63, 3.8) is 0 Å². The zero-order chi connectivity index (χ0) is 24.5. The number of hydrogen-bond donors (Lipinski definition) is 2. The number of primary amides is 1. The van der Waals surface area contributed by atoms with E-state index in [0.717, 1.165) is 23.3 Å². The summed E-state index contributed by atoms with van der Waals surface area (Å²) in [5.41, 5.74) is 6.82. The molecule has 0 atom stereocenters. The molecule has 2 aliphatic rings. The minimum Gasteiger partial charge on any atom is -0.450 e. The largest absolute Gasteiger partial charge is 0.450 e. The highest BCUT2D eigenvalue weighted by atomic mass is 32.2. The van der Waals surface area contributed by atoms with Gasteiger partial charge >= 0.3 is 6.09 Å². The van der Waals surface area contributed by atoms with Crippen molar-refractivity contribution in [3.05, 3.63) is 45.8 Å². The van der Waals surface area contributed by atoms with Gasteiger partial charge < -0.3 is 20.7 Å². The van der Waals surface area contributed by atoms with Gasteiger partial charge in [-0.3, -0.25) is 9.59 Å². The van der Waals surface area contributed by atoms with Crippen molar-refractivity contribution in [2.24, 2.45) is 5.73 Å². The van der Waals surface area contributed by atoms with Crippen LogP contribution in [0.2, 0.25) is 0 Å². The van der Waals surface area contributed by atoms with E-state index < -0.39 is 27.9 Å². The smallest absolute Gasteiger partial charge is 0.410 e. The molecule has 3 heterocycles. The fraction of sp³-hybridized carbons (Fsp3) is 0.409. The van der Waals surface area contributed by atoms with Crippen LogP contribution in [0.3, 0.4) is 0 Å². The maximum absolute atomic E-state index is 12.9. The van der Waals surface area contributed by atoms with Gasteiger partial charge in [-0.05, 0) is 56.0 Å². The number of sulfonamides is 1. The molecule has 0 saturated carbocycles. The van der Waals surface area contributed by atoms with E-state index in [0.29, 0.717) is 31.1 Å².